The van der Waals surface area contributed by atoms with Gasteiger partial charge in [-0.1, -0.05) is 5.16 Å². The Kier molecular flexibility index (Phi) is 6.20. The molecule has 19 heteroatoms. The fourth-order valence-corrected chi connectivity index (χ4v) is 4.06. The Morgan fingerprint density at radius 1 is 1.39 bits per heavy atom. The molecule has 0 radical (unpaired) electrons. The Balaban J connectivity index is 1.83. The number of aliphatic carboxylic acids is 1. The average molecular weight is 514 g/mol. The maximum absolute atomic E-state index is 12.6. The number of carboxylic acid groups (broad SMARTS) is 1. The van der Waals surface area contributed by atoms with Crippen LogP contribution in [0.4, 0.5) is 18.3 Å². The first-order valence-corrected chi connectivity index (χ1v) is 10.8. The standard InChI is InChI=1S/C14H13F3N6O8S2/c1-30-21-7(9-20-13(18)32-22-9)10(24)19-6-4-2-3-5(31-33(28,29)14(15,16)17)8(12(26)27)23(4)11(6)25/h4,6H,2-3H2,1H3,(H,19,24)(H,26,27)(H2,18,20,22)/b21-7+/t4-,6+/m1/s1. The largest absolute Gasteiger partial charge is 0.534 e. The van der Waals surface area contributed by atoms with Crippen LogP contribution in [-0.2, 0) is 33.5 Å². The van der Waals surface area contributed by atoms with Crippen molar-refractivity contribution in [2.45, 2.75) is 30.4 Å². The quantitative estimate of drug-likeness (QED) is 0.134. The third-order valence-electron chi connectivity index (χ3n) is 4.43. The number of nitrogens with zero attached hydrogens (tertiary/aromatic N) is 4. The van der Waals surface area contributed by atoms with Crippen LogP contribution >= 0.6 is 11.5 Å². The van der Waals surface area contributed by atoms with E-state index < -0.39 is 69.1 Å². The van der Waals surface area contributed by atoms with Crippen molar-refractivity contribution in [3.63, 3.8) is 0 Å². The first-order valence-electron chi connectivity index (χ1n) is 8.60. The number of nitrogens with one attached hydrogen (secondary N) is 1. The van der Waals surface area contributed by atoms with E-state index in [1.165, 1.54) is 0 Å². The van der Waals surface area contributed by atoms with Crippen LogP contribution < -0.4 is 11.1 Å². The lowest BCUT2D eigenvalue weighted by Crippen LogP contribution is -2.72. The number of hydrogen-bond donors (Lipinski definition) is 3. The number of nitrogens with two attached hydrogens (primary N) is 1. The van der Waals surface area contributed by atoms with Crippen LogP contribution in [0.5, 0.6) is 0 Å². The summed E-state index contributed by atoms with van der Waals surface area (Å²) >= 11 is 0.754. The first-order chi connectivity index (χ1) is 15.3. The van der Waals surface area contributed by atoms with Gasteiger partial charge in [0.1, 0.15) is 13.2 Å². The lowest BCUT2D eigenvalue weighted by molar-refractivity contribution is -0.156. The van der Waals surface area contributed by atoms with Crippen molar-refractivity contribution in [2.24, 2.45) is 5.16 Å². The molecule has 0 saturated carbocycles. The van der Waals surface area contributed by atoms with Crippen LogP contribution in [0, 0.1) is 0 Å². The SMILES string of the molecule is CO/N=C(/C(=O)N[C@@H]1C(=O)N2C(C(=O)O)=C(OS(=O)(=O)C(F)(F)F)CC[C@H]12)c1nsc(N)n1. The highest BCUT2D eigenvalue weighted by molar-refractivity contribution is 7.87. The van der Waals surface area contributed by atoms with Crippen molar-refractivity contribution in [1.82, 2.24) is 19.6 Å². The molecule has 2 amide bonds. The molecule has 33 heavy (non-hydrogen) atoms. The molecular weight excluding hydrogens is 501 g/mol. The molecule has 0 bridgehead atoms. The molecule has 3 rings (SSSR count). The van der Waals surface area contributed by atoms with E-state index in [1.807, 2.05) is 0 Å². The summed E-state index contributed by atoms with van der Waals surface area (Å²) in [4.78, 5) is 45.6. The average Bonchev–Trinajstić information content (AvgIpc) is 3.14. The van der Waals surface area contributed by atoms with E-state index in [9.17, 15) is 41.1 Å². The highest BCUT2D eigenvalue weighted by Crippen LogP contribution is 2.39. The van der Waals surface area contributed by atoms with Gasteiger partial charge >= 0.3 is 21.6 Å². The topological polar surface area (TPSA) is 203 Å². The van der Waals surface area contributed by atoms with Crippen LogP contribution in [0.2, 0.25) is 0 Å². The van der Waals surface area contributed by atoms with Crippen molar-refractivity contribution in [3.8, 4) is 0 Å². The van der Waals surface area contributed by atoms with Crippen molar-refractivity contribution < 1.29 is 50.1 Å². The molecule has 1 fully saturated rings. The number of amides is 2. The molecule has 0 aliphatic carbocycles. The molecule has 180 valence electrons. The predicted molar refractivity (Wildman–Crippen MR) is 100 cm³/mol. The van der Waals surface area contributed by atoms with E-state index >= 15 is 0 Å². The summed E-state index contributed by atoms with van der Waals surface area (Å²) in [5, 5.41) is 15.1. The Morgan fingerprint density at radius 3 is 2.58 bits per heavy atom. The van der Waals surface area contributed by atoms with E-state index in [2.05, 4.69) is 28.9 Å². The van der Waals surface area contributed by atoms with Gasteiger partial charge in [-0.2, -0.15) is 30.9 Å². The fraction of sp³-hybridized carbons (Fsp3) is 0.429. The molecule has 2 aliphatic heterocycles. The summed E-state index contributed by atoms with van der Waals surface area (Å²) in [6.45, 7) is 0. The molecule has 2 aliphatic rings. The molecule has 2 atom stereocenters. The maximum atomic E-state index is 12.6. The zero-order valence-corrected chi connectivity index (χ0v) is 17.8. The molecule has 1 aromatic rings. The second-order valence-corrected chi connectivity index (χ2v) is 8.73. The van der Waals surface area contributed by atoms with E-state index in [-0.39, 0.29) is 17.4 Å². The second kappa shape index (κ2) is 8.46. The molecule has 0 aromatic carbocycles. The van der Waals surface area contributed by atoms with Crippen LogP contribution in [-0.4, -0.2) is 76.0 Å². The zero-order chi connectivity index (χ0) is 24.7. The Labute approximate surface area is 186 Å². The summed E-state index contributed by atoms with van der Waals surface area (Å²) in [5.41, 5.74) is -1.86. The number of oxime groups is 1. The Morgan fingerprint density at radius 2 is 2.06 bits per heavy atom. The summed E-state index contributed by atoms with van der Waals surface area (Å²) in [7, 11) is -5.03. The van der Waals surface area contributed by atoms with Crippen LogP contribution in [0.25, 0.3) is 0 Å². The Hall–Kier alpha value is -3.48. The van der Waals surface area contributed by atoms with Crippen LogP contribution in [0.1, 0.15) is 18.7 Å². The number of carbonyl (C=O) groups is 3. The van der Waals surface area contributed by atoms with Crippen molar-refractivity contribution >= 4 is 50.3 Å². The lowest BCUT2D eigenvalue weighted by atomic mass is 9.85. The van der Waals surface area contributed by atoms with Gasteiger partial charge in [-0.3, -0.25) is 14.5 Å². The van der Waals surface area contributed by atoms with Gasteiger partial charge in [0.15, 0.2) is 16.6 Å². The van der Waals surface area contributed by atoms with Crippen molar-refractivity contribution in [2.75, 3.05) is 12.8 Å². The highest BCUT2D eigenvalue weighted by atomic mass is 32.2. The van der Waals surface area contributed by atoms with Gasteiger partial charge in [-0.25, -0.2) is 4.79 Å². The Bertz CT molecular complexity index is 1180. The lowest BCUT2D eigenvalue weighted by Gasteiger charge is -2.49. The highest BCUT2D eigenvalue weighted by Gasteiger charge is 2.56. The first kappa shape index (κ1) is 24.2. The number of fused-ring (bicyclic) bond motifs is 1. The third kappa shape index (κ3) is 4.40. The van der Waals surface area contributed by atoms with Gasteiger partial charge in [0.25, 0.3) is 11.8 Å². The minimum atomic E-state index is -6.16. The minimum absolute atomic E-state index is 0.0114. The number of nitrogen functional groups attached to an aromatic ring is 1. The number of alkyl halides is 3. The van der Waals surface area contributed by atoms with Crippen molar-refractivity contribution in [3.05, 3.63) is 17.3 Å². The number of allylic oxidation sites excluding steroid dienone is 1. The maximum Gasteiger partial charge on any atom is 0.534 e. The molecular formula is C14H13F3N6O8S2. The number of aromatic nitrogens is 2. The van der Waals surface area contributed by atoms with Gasteiger partial charge < -0.3 is 25.2 Å². The van der Waals surface area contributed by atoms with Gasteiger partial charge in [0, 0.05) is 18.0 Å². The number of carboxylic acids is 1. The summed E-state index contributed by atoms with van der Waals surface area (Å²) in [6.07, 6.45) is -0.782. The summed E-state index contributed by atoms with van der Waals surface area (Å²) in [5.74, 6) is -5.16. The molecule has 1 saturated heterocycles. The summed E-state index contributed by atoms with van der Waals surface area (Å²) < 4.78 is 68.2. The van der Waals surface area contributed by atoms with E-state index in [1.54, 1.807) is 0 Å². The molecule has 1 aromatic heterocycles. The van der Waals surface area contributed by atoms with Gasteiger partial charge in [-0.05, 0) is 6.42 Å². The predicted octanol–water partition coefficient (Wildman–Crippen LogP) is -0.877. The monoisotopic (exact) mass is 514 g/mol. The second-order valence-electron chi connectivity index (χ2n) is 6.40. The fourth-order valence-electron chi connectivity index (χ4n) is 3.11. The normalized spacial score (nSPS) is 21.3. The number of carbonyl (C=O) groups excluding carboxylic acids is 2. The van der Waals surface area contributed by atoms with Crippen LogP contribution in [0.15, 0.2) is 16.6 Å². The number of halogens is 3. The molecule has 0 unspecified atom stereocenters. The van der Waals surface area contributed by atoms with Crippen molar-refractivity contribution in [1.29, 1.82) is 0 Å². The summed E-state index contributed by atoms with van der Waals surface area (Å²) in [6, 6.07) is -2.31. The van der Waals surface area contributed by atoms with Gasteiger partial charge in [-0.15, -0.1) is 0 Å². The molecule has 0 spiro atoms. The molecule has 4 N–H and O–H groups in total. The smallest absolute Gasteiger partial charge is 0.476 e. The van der Waals surface area contributed by atoms with E-state index in [4.69, 9.17) is 5.73 Å². The number of hydrogen-bond acceptors (Lipinski definition) is 12. The molecule has 14 nitrogen and oxygen atoms in total. The minimum Gasteiger partial charge on any atom is -0.476 e. The van der Waals surface area contributed by atoms with E-state index in [0.29, 0.717) is 4.90 Å². The number of β-lactam (4-membered cyclic amide) rings is 1. The zero-order valence-electron chi connectivity index (χ0n) is 16.2. The number of anilines is 1. The van der Waals surface area contributed by atoms with E-state index in [0.717, 1.165) is 18.6 Å². The van der Waals surface area contributed by atoms with Gasteiger partial charge in [0.2, 0.25) is 11.5 Å². The van der Waals surface area contributed by atoms with Gasteiger partial charge in [0.05, 0.1) is 6.04 Å². The molecule has 3 heterocycles. The number of rotatable bonds is 7. The third-order valence-corrected chi connectivity index (χ3v) is 5.96. The van der Waals surface area contributed by atoms with Crippen LogP contribution in [0.3, 0.4) is 0 Å².